The summed E-state index contributed by atoms with van der Waals surface area (Å²) in [5.74, 6) is 0.936. The van der Waals surface area contributed by atoms with E-state index in [1.54, 1.807) is 7.11 Å². The number of hydrogen-bond acceptors (Lipinski definition) is 3. The molecule has 1 aromatic rings. The SMILES string of the molecule is COc1ccc(CCNCO)c(C)c1C. The molecular weight excluding hydrogens is 190 g/mol. The molecule has 0 heterocycles. The zero-order chi connectivity index (χ0) is 11.3. The summed E-state index contributed by atoms with van der Waals surface area (Å²) in [6, 6.07) is 4.08. The molecule has 0 radical (unpaired) electrons. The third-order valence-corrected chi connectivity index (χ3v) is 2.75. The zero-order valence-corrected chi connectivity index (χ0v) is 9.63. The minimum absolute atomic E-state index is 0.0359. The largest absolute Gasteiger partial charge is 0.496 e. The maximum Gasteiger partial charge on any atom is 0.122 e. The molecule has 15 heavy (non-hydrogen) atoms. The minimum atomic E-state index is 0.0359. The van der Waals surface area contributed by atoms with Crippen LogP contribution in [0.2, 0.25) is 0 Å². The Bertz CT molecular complexity index is 324. The lowest BCUT2D eigenvalue weighted by Gasteiger charge is -2.12. The second-order valence-electron chi connectivity index (χ2n) is 3.59. The summed E-state index contributed by atoms with van der Waals surface area (Å²) in [5, 5.41) is 11.5. The fraction of sp³-hybridized carbons (Fsp3) is 0.500. The smallest absolute Gasteiger partial charge is 0.122 e. The van der Waals surface area contributed by atoms with E-state index in [9.17, 15) is 0 Å². The van der Waals surface area contributed by atoms with E-state index in [0.29, 0.717) is 0 Å². The average Bonchev–Trinajstić information content (AvgIpc) is 2.25. The van der Waals surface area contributed by atoms with Gasteiger partial charge in [-0.2, -0.15) is 0 Å². The molecule has 0 aliphatic heterocycles. The lowest BCUT2D eigenvalue weighted by atomic mass is 10.00. The third kappa shape index (κ3) is 2.94. The summed E-state index contributed by atoms with van der Waals surface area (Å²) in [6.07, 6.45) is 0.928. The van der Waals surface area contributed by atoms with E-state index in [1.807, 2.05) is 6.07 Å². The van der Waals surface area contributed by atoms with Gasteiger partial charge in [-0.3, -0.25) is 5.32 Å². The van der Waals surface area contributed by atoms with Crippen LogP contribution in [-0.4, -0.2) is 25.5 Å². The van der Waals surface area contributed by atoms with E-state index in [4.69, 9.17) is 9.84 Å². The predicted octanol–water partition coefficient (Wildman–Crippen LogP) is 1.39. The average molecular weight is 209 g/mol. The summed E-state index contributed by atoms with van der Waals surface area (Å²) in [5.41, 5.74) is 3.77. The predicted molar refractivity (Wildman–Crippen MR) is 61.3 cm³/mol. The van der Waals surface area contributed by atoms with Crippen molar-refractivity contribution in [2.45, 2.75) is 20.3 Å². The van der Waals surface area contributed by atoms with Gasteiger partial charge < -0.3 is 9.84 Å². The normalized spacial score (nSPS) is 10.4. The molecule has 84 valence electrons. The summed E-state index contributed by atoms with van der Waals surface area (Å²) in [4.78, 5) is 0. The molecule has 0 aliphatic rings. The molecule has 0 aromatic heterocycles. The number of aliphatic hydroxyl groups excluding tert-OH is 1. The van der Waals surface area contributed by atoms with Crippen molar-refractivity contribution >= 4 is 0 Å². The molecular formula is C12H19NO2. The van der Waals surface area contributed by atoms with Crippen LogP contribution in [0.5, 0.6) is 5.75 Å². The van der Waals surface area contributed by atoms with Gasteiger partial charge in [0.2, 0.25) is 0 Å². The molecule has 0 unspecified atom stereocenters. The van der Waals surface area contributed by atoms with Crippen LogP contribution in [0.25, 0.3) is 0 Å². The van der Waals surface area contributed by atoms with Crippen molar-refractivity contribution in [2.75, 3.05) is 20.4 Å². The molecule has 0 atom stereocenters. The van der Waals surface area contributed by atoms with Gasteiger partial charge in [0, 0.05) is 6.54 Å². The number of benzene rings is 1. The van der Waals surface area contributed by atoms with Crippen LogP contribution in [0.15, 0.2) is 12.1 Å². The topological polar surface area (TPSA) is 41.5 Å². The molecule has 1 aromatic carbocycles. The van der Waals surface area contributed by atoms with Crippen molar-refractivity contribution < 1.29 is 9.84 Å². The van der Waals surface area contributed by atoms with E-state index in [2.05, 4.69) is 25.2 Å². The van der Waals surface area contributed by atoms with Gasteiger partial charge in [0.1, 0.15) is 5.75 Å². The standard InChI is InChI=1S/C12H19NO2/c1-9-10(2)12(15-3)5-4-11(9)6-7-13-8-14/h4-5,13-14H,6-8H2,1-3H3. The Morgan fingerprint density at radius 1 is 1.27 bits per heavy atom. The molecule has 0 saturated carbocycles. The van der Waals surface area contributed by atoms with Crippen LogP contribution in [0.1, 0.15) is 16.7 Å². The zero-order valence-electron chi connectivity index (χ0n) is 9.63. The molecule has 0 saturated heterocycles. The van der Waals surface area contributed by atoms with Crippen molar-refractivity contribution in [3.63, 3.8) is 0 Å². The molecule has 0 bridgehead atoms. The molecule has 2 N–H and O–H groups in total. The highest BCUT2D eigenvalue weighted by atomic mass is 16.5. The maximum absolute atomic E-state index is 8.62. The molecule has 1 rings (SSSR count). The molecule has 3 heteroatoms. The summed E-state index contributed by atoms with van der Waals surface area (Å²) in [7, 11) is 1.69. The monoisotopic (exact) mass is 209 g/mol. The molecule has 0 fully saturated rings. The fourth-order valence-corrected chi connectivity index (χ4v) is 1.65. The van der Waals surface area contributed by atoms with Crippen LogP contribution < -0.4 is 10.1 Å². The third-order valence-electron chi connectivity index (χ3n) is 2.75. The number of aliphatic hydroxyl groups is 1. The van der Waals surface area contributed by atoms with E-state index in [1.165, 1.54) is 16.7 Å². The maximum atomic E-state index is 8.62. The molecule has 0 amide bonds. The highest BCUT2D eigenvalue weighted by Gasteiger charge is 2.05. The van der Waals surface area contributed by atoms with Gasteiger partial charge in [-0.1, -0.05) is 6.07 Å². The number of methoxy groups -OCH3 is 1. The summed E-state index contributed by atoms with van der Waals surface area (Å²) >= 11 is 0. The molecule has 3 nitrogen and oxygen atoms in total. The Hall–Kier alpha value is -1.06. The first-order valence-electron chi connectivity index (χ1n) is 5.15. The van der Waals surface area contributed by atoms with Crippen LogP contribution in [0, 0.1) is 13.8 Å². The highest BCUT2D eigenvalue weighted by molar-refractivity contribution is 5.43. The van der Waals surface area contributed by atoms with Gasteiger partial charge in [-0.05, 0) is 43.0 Å². The van der Waals surface area contributed by atoms with Gasteiger partial charge >= 0.3 is 0 Å². The Balaban J connectivity index is 2.77. The Labute approximate surface area is 91.1 Å². The van der Waals surface area contributed by atoms with Crippen LogP contribution in [-0.2, 0) is 6.42 Å². The van der Waals surface area contributed by atoms with Crippen LogP contribution in [0.4, 0.5) is 0 Å². The number of rotatable bonds is 5. The second kappa shape index (κ2) is 5.73. The quantitative estimate of drug-likeness (QED) is 0.569. The Kier molecular flexibility index (Phi) is 4.59. The lowest BCUT2D eigenvalue weighted by Crippen LogP contribution is -2.18. The van der Waals surface area contributed by atoms with Gasteiger partial charge in [-0.15, -0.1) is 0 Å². The highest BCUT2D eigenvalue weighted by Crippen LogP contribution is 2.23. The number of ether oxygens (including phenoxy) is 1. The van der Waals surface area contributed by atoms with Gasteiger partial charge in [0.15, 0.2) is 0 Å². The van der Waals surface area contributed by atoms with Crippen LogP contribution >= 0.6 is 0 Å². The van der Waals surface area contributed by atoms with E-state index in [0.717, 1.165) is 18.7 Å². The Morgan fingerprint density at radius 3 is 2.60 bits per heavy atom. The van der Waals surface area contributed by atoms with Crippen molar-refractivity contribution in [3.8, 4) is 5.75 Å². The van der Waals surface area contributed by atoms with E-state index in [-0.39, 0.29) is 6.73 Å². The first-order valence-corrected chi connectivity index (χ1v) is 5.15. The number of nitrogens with one attached hydrogen (secondary N) is 1. The fourth-order valence-electron chi connectivity index (χ4n) is 1.65. The number of hydrogen-bond donors (Lipinski definition) is 2. The van der Waals surface area contributed by atoms with Crippen LogP contribution in [0.3, 0.4) is 0 Å². The first-order chi connectivity index (χ1) is 7.20. The summed E-state index contributed by atoms with van der Waals surface area (Å²) in [6.45, 7) is 5.00. The van der Waals surface area contributed by atoms with E-state index < -0.39 is 0 Å². The van der Waals surface area contributed by atoms with Gasteiger partial charge in [0.05, 0.1) is 13.8 Å². The van der Waals surface area contributed by atoms with Crippen molar-refractivity contribution in [3.05, 3.63) is 28.8 Å². The minimum Gasteiger partial charge on any atom is -0.496 e. The Morgan fingerprint density at radius 2 is 2.00 bits per heavy atom. The van der Waals surface area contributed by atoms with E-state index >= 15 is 0 Å². The first kappa shape index (κ1) is 12.0. The molecule has 0 spiro atoms. The molecule has 0 aliphatic carbocycles. The van der Waals surface area contributed by atoms with Crippen molar-refractivity contribution in [2.24, 2.45) is 0 Å². The van der Waals surface area contributed by atoms with Gasteiger partial charge in [-0.25, -0.2) is 0 Å². The van der Waals surface area contributed by atoms with Crippen molar-refractivity contribution in [1.29, 1.82) is 0 Å². The second-order valence-corrected chi connectivity index (χ2v) is 3.59. The lowest BCUT2D eigenvalue weighted by molar-refractivity contribution is 0.262. The summed E-state index contributed by atoms with van der Waals surface area (Å²) < 4.78 is 5.25. The van der Waals surface area contributed by atoms with Gasteiger partial charge in [0.25, 0.3) is 0 Å². The van der Waals surface area contributed by atoms with Crippen molar-refractivity contribution in [1.82, 2.24) is 5.32 Å².